The van der Waals surface area contributed by atoms with E-state index in [0.29, 0.717) is 12.8 Å². The molecule has 0 saturated carbocycles. The first kappa shape index (κ1) is 55.5. The van der Waals surface area contributed by atoms with Gasteiger partial charge in [-0.3, -0.25) is 28.2 Å². The molecule has 0 bridgehead atoms. The molecule has 0 aliphatic carbocycles. The van der Waals surface area contributed by atoms with E-state index in [1.165, 1.54) is 84.0 Å². The molecule has 0 aromatic carbocycles. The highest BCUT2D eigenvalue weighted by molar-refractivity contribution is 7.47. The lowest BCUT2D eigenvalue weighted by Gasteiger charge is -2.20. The summed E-state index contributed by atoms with van der Waals surface area (Å²) in [6.07, 6.45) is 38.3. The SMILES string of the molecule is CCCCCCCC/C=C\CCCCCCCC(=O)OC[C@H](COP(=O)(O)OCCNC(=O)CNC(C)=O)OC(=O)CCCCCCC/C=C\CCCCCCCC. The highest BCUT2D eigenvalue weighted by Gasteiger charge is 2.26. The zero-order chi connectivity index (χ0) is 42.8. The minimum Gasteiger partial charge on any atom is -0.462 e. The van der Waals surface area contributed by atoms with Crippen LogP contribution in [0.25, 0.3) is 0 Å². The van der Waals surface area contributed by atoms with Crippen molar-refractivity contribution in [1.29, 1.82) is 0 Å². The van der Waals surface area contributed by atoms with E-state index in [2.05, 4.69) is 48.8 Å². The second-order valence-electron chi connectivity index (χ2n) is 15.3. The Hall–Kier alpha value is -2.53. The van der Waals surface area contributed by atoms with Gasteiger partial charge in [0, 0.05) is 26.3 Å². The highest BCUT2D eigenvalue weighted by atomic mass is 31.2. The topological polar surface area (TPSA) is 167 Å². The van der Waals surface area contributed by atoms with Crippen molar-refractivity contribution in [1.82, 2.24) is 10.6 Å². The van der Waals surface area contributed by atoms with Crippen molar-refractivity contribution in [2.45, 2.75) is 207 Å². The Labute approximate surface area is 352 Å². The lowest BCUT2D eigenvalue weighted by molar-refractivity contribution is -0.161. The Morgan fingerprint density at radius 3 is 1.47 bits per heavy atom. The molecule has 0 spiro atoms. The van der Waals surface area contributed by atoms with E-state index in [1.807, 2.05) is 0 Å². The highest BCUT2D eigenvalue weighted by Crippen LogP contribution is 2.43. The van der Waals surface area contributed by atoms with Crippen LogP contribution in [0.5, 0.6) is 0 Å². The van der Waals surface area contributed by atoms with Crippen molar-refractivity contribution in [2.24, 2.45) is 0 Å². The van der Waals surface area contributed by atoms with Gasteiger partial charge in [0.15, 0.2) is 6.10 Å². The first-order chi connectivity index (χ1) is 28.1. The number of allylic oxidation sites excluding steroid dienone is 4. The van der Waals surface area contributed by atoms with E-state index in [1.54, 1.807) is 0 Å². The van der Waals surface area contributed by atoms with Crippen LogP contribution in [0.2, 0.25) is 0 Å². The van der Waals surface area contributed by atoms with Gasteiger partial charge in [-0.05, 0) is 64.2 Å². The zero-order valence-electron chi connectivity index (χ0n) is 36.8. The molecule has 2 amide bonds. The Morgan fingerprint density at radius 2 is 1.00 bits per heavy atom. The average Bonchev–Trinajstić information content (AvgIpc) is 3.19. The summed E-state index contributed by atoms with van der Waals surface area (Å²) in [7, 11) is -4.59. The normalized spacial score (nSPS) is 13.1. The predicted octanol–water partition coefficient (Wildman–Crippen LogP) is 10.9. The third-order valence-corrected chi connectivity index (χ3v) is 10.6. The van der Waals surface area contributed by atoms with Crippen molar-refractivity contribution in [2.75, 3.05) is 32.9 Å². The van der Waals surface area contributed by atoms with Gasteiger partial charge < -0.3 is 25.0 Å². The Morgan fingerprint density at radius 1 is 0.569 bits per heavy atom. The molecular weight excluding hydrogens is 759 g/mol. The van der Waals surface area contributed by atoms with Crippen LogP contribution in [0.3, 0.4) is 0 Å². The minimum absolute atomic E-state index is 0.103. The molecule has 0 saturated heterocycles. The van der Waals surface area contributed by atoms with Crippen LogP contribution in [0.4, 0.5) is 0 Å². The maximum Gasteiger partial charge on any atom is 0.472 e. The van der Waals surface area contributed by atoms with Gasteiger partial charge in [0.2, 0.25) is 11.8 Å². The van der Waals surface area contributed by atoms with Gasteiger partial charge in [0.25, 0.3) is 0 Å². The molecule has 1 unspecified atom stereocenters. The molecule has 0 aromatic heterocycles. The summed E-state index contributed by atoms with van der Waals surface area (Å²) in [6.45, 7) is 4.23. The van der Waals surface area contributed by atoms with Crippen molar-refractivity contribution in [3.63, 3.8) is 0 Å². The number of carbonyl (C=O) groups is 4. The van der Waals surface area contributed by atoms with Gasteiger partial charge in [-0.1, -0.05) is 141 Å². The monoisotopic (exact) mass is 843 g/mol. The summed E-state index contributed by atoms with van der Waals surface area (Å²) in [5, 5.41) is 4.78. The molecule has 13 heteroatoms. The van der Waals surface area contributed by atoms with Crippen LogP contribution in [0.1, 0.15) is 201 Å². The van der Waals surface area contributed by atoms with Crippen LogP contribution in [-0.4, -0.2) is 67.7 Å². The molecule has 338 valence electrons. The van der Waals surface area contributed by atoms with E-state index in [9.17, 15) is 28.6 Å². The van der Waals surface area contributed by atoms with Crippen molar-refractivity contribution in [3.8, 4) is 0 Å². The van der Waals surface area contributed by atoms with E-state index in [0.717, 1.165) is 77.0 Å². The molecule has 58 heavy (non-hydrogen) atoms. The fourth-order valence-electron chi connectivity index (χ4n) is 6.13. The maximum absolute atomic E-state index is 12.7. The van der Waals surface area contributed by atoms with E-state index >= 15 is 0 Å². The van der Waals surface area contributed by atoms with E-state index in [-0.39, 0.29) is 45.1 Å². The Kier molecular flexibility index (Phi) is 39.4. The summed E-state index contributed by atoms with van der Waals surface area (Å²) in [6, 6.07) is 0. The first-order valence-corrected chi connectivity index (χ1v) is 24.4. The molecule has 0 aromatic rings. The van der Waals surface area contributed by atoms with Crippen LogP contribution >= 0.6 is 7.82 Å². The number of ether oxygens (including phenoxy) is 2. The number of rotatable bonds is 42. The van der Waals surface area contributed by atoms with Crippen molar-refractivity contribution >= 4 is 31.6 Å². The summed E-state index contributed by atoms with van der Waals surface area (Å²) in [4.78, 5) is 58.0. The second-order valence-corrected chi connectivity index (χ2v) is 16.8. The Bertz CT molecular complexity index is 1130. The Balaban J connectivity index is 4.52. The van der Waals surface area contributed by atoms with Gasteiger partial charge >= 0.3 is 19.8 Å². The molecule has 12 nitrogen and oxygen atoms in total. The molecule has 0 rings (SSSR count). The largest absolute Gasteiger partial charge is 0.472 e. The zero-order valence-corrected chi connectivity index (χ0v) is 37.7. The smallest absolute Gasteiger partial charge is 0.462 e. The lowest BCUT2D eigenvalue weighted by Crippen LogP contribution is -2.37. The van der Waals surface area contributed by atoms with E-state index in [4.69, 9.17) is 18.5 Å². The van der Waals surface area contributed by atoms with E-state index < -0.39 is 38.4 Å². The number of phosphoric ester groups is 1. The summed E-state index contributed by atoms with van der Waals surface area (Å²) < 4.78 is 33.4. The number of phosphoric acid groups is 1. The molecule has 0 heterocycles. The minimum atomic E-state index is -4.59. The fourth-order valence-corrected chi connectivity index (χ4v) is 6.88. The molecule has 0 aliphatic heterocycles. The molecule has 3 N–H and O–H groups in total. The molecule has 0 fully saturated rings. The number of amides is 2. The number of esters is 2. The quantitative estimate of drug-likeness (QED) is 0.0233. The van der Waals surface area contributed by atoms with Crippen LogP contribution in [0, 0.1) is 0 Å². The maximum atomic E-state index is 12.7. The molecule has 0 radical (unpaired) electrons. The van der Waals surface area contributed by atoms with Gasteiger partial charge in [-0.25, -0.2) is 4.57 Å². The molecule has 0 aliphatic rings. The lowest BCUT2D eigenvalue weighted by atomic mass is 10.1. The van der Waals surface area contributed by atoms with Gasteiger partial charge in [-0.2, -0.15) is 0 Å². The van der Waals surface area contributed by atoms with Crippen LogP contribution in [0.15, 0.2) is 24.3 Å². The number of unbranched alkanes of at least 4 members (excludes halogenated alkanes) is 22. The van der Waals surface area contributed by atoms with Crippen LogP contribution < -0.4 is 10.6 Å². The number of hydrogen-bond donors (Lipinski definition) is 3. The van der Waals surface area contributed by atoms with Crippen molar-refractivity contribution < 1.29 is 47.2 Å². The predicted molar refractivity (Wildman–Crippen MR) is 233 cm³/mol. The summed E-state index contributed by atoms with van der Waals surface area (Å²) in [5.74, 6) is -1.80. The van der Waals surface area contributed by atoms with Crippen molar-refractivity contribution in [3.05, 3.63) is 24.3 Å². The fraction of sp³-hybridized carbons (Fsp3) is 0.822. The molecular formula is C45H83N2O10P. The first-order valence-electron chi connectivity index (χ1n) is 22.9. The number of carbonyl (C=O) groups excluding carboxylic acids is 4. The standard InChI is InChI=1S/C45H83N2O10P/c1-4-6-8-10-12-14-16-18-20-22-24-26-28-30-32-34-44(50)54-39-42(40-56-58(52,53)55-37-36-46-43(49)38-47-41(3)48)57-45(51)35-33-31-29-27-25-23-21-19-17-15-13-11-9-7-5-2/h18-21,42H,4-17,22-40H2,1-3H3,(H,46,49)(H,47,48)(H,52,53)/b20-18-,21-19-/t42-/m1/s1. The number of hydrogen-bond acceptors (Lipinski definition) is 9. The van der Waals surface area contributed by atoms with Gasteiger partial charge in [0.05, 0.1) is 19.8 Å². The second kappa shape index (κ2) is 41.2. The van der Waals surface area contributed by atoms with Gasteiger partial charge in [-0.15, -0.1) is 0 Å². The summed E-state index contributed by atoms with van der Waals surface area (Å²) >= 11 is 0. The average molecular weight is 843 g/mol. The molecule has 2 atom stereocenters. The number of nitrogens with one attached hydrogen (secondary N) is 2. The summed E-state index contributed by atoms with van der Waals surface area (Å²) in [5.41, 5.74) is 0. The van der Waals surface area contributed by atoms with Crippen LogP contribution in [-0.2, 0) is 42.3 Å². The van der Waals surface area contributed by atoms with Gasteiger partial charge in [0.1, 0.15) is 6.61 Å². The third kappa shape index (κ3) is 41.6. The third-order valence-electron chi connectivity index (χ3n) is 9.61.